The van der Waals surface area contributed by atoms with Gasteiger partial charge in [0.15, 0.2) is 6.29 Å². The number of benzene rings is 1. The number of rotatable bonds is 4. The Balaban J connectivity index is 2.19. The maximum atomic E-state index is 10.5. The van der Waals surface area contributed by atoms with Crippen molar-refractivity contribution in [1.82, 2.24) is 4.98 Å². The average Bonchev–Trinajstić information content (AvgIpc) is 2.42. The minimum Gasteiger partial charge on any atom is -0.439 e. The number of aldehydes is 1. The third kappa shape index (κ3) is 2.87. The van der Waals surface area contributed by atoms with E-state index in [0.717, 1.165) is 23.3 Å². The van der Waals surface area contributed by atoms with Gasteiger partial charge in [0.1, 0.15) is 5.75 Å². The number of nitrogens with zero attached hydrogens (tertiary/aromatic N) is 1. The molecule has 0 bridgehead atoms. The van der Waals surface area contributed by atoms with Gasteiger partial charge in [-0.1, -0.05) is 18.5 Å². The van der Waals surface area contributed by atoms with Gasteiger partial charge < -0.3 is 4.74 Å². The molecule has 0 N–H and O–H groups in total. The Kier molecular flexibility index (Phi) is 3.95. The second-order valence-electron chi connectivity index (χ2n) is 3.76. The number of hydrogen-bond acceptors (Lipinski definition) is 3. The zero-order chi connectivity index (χ0) is 13.0. The summed E-state index contributed by atoms with van der Waals surface area (Å²) in [7, 11) is 0. The molecule has 0 unspecified atom stereocenters. The molecule has 0 aliphatic carbocycles. The van der Waals surface area contributed by atoms with Gasteiger partial charge in [-0.15, -0.1) is 0 Å². The number of halogens is 1. The first-order chi connectivity index (χ1) is 8.72. The van der Waals surface area contributed by atoms with Crippen molar-refractivity contribution in [1.29, 1.82) is 0 Å². The molecule has 92 valence electrons. The Bertz CT molecular complexity index is 552. The molecular formula is C14H12ClNO2. The molecule has 0 aliphatic rings. The van der Waals surface area contributed by atoms with Crippen molar-refractivity contribution in [2.24, 2.45) is 0 Å². The molecular weight excluding hydrogens is 250 g/mol. The maximum absolute atomic E-state index is 10.5. The molecule has 3 nitrogen and oxygen atoms in total. The molecule has 1 aromatic heterocycles. The summed E-state index contributed by atoms with van der Waals surface area (Å²) in [6, 6.07) is 8.79. The van der Waals surface area contributed by atoms with Crippen LogP contribution < -0.4 is 4.74 Å². The molecule has 0 saturated carbocycles. The van der Waals surface area contributed by atoms with E-state index in [1.165, 1.54) is 6.20 Å². The van der Waals surface area contributed by atoms with Crippen molar-refractivity contribution < 1.29 is 9.53 Å². The molecule has 0 atom stereocenters. The highest BCUT2D eigenvalue weighted by atomic mass is 35.5. The minimum atomic E-state index is 0.449. The van der Waals surface area contributed by atoms with Gasteiger partial charge in [0.2, 0.25) is 5.88 Å². The van der Waals surface area contributed by atoms with Crippen LogP contribution in [0.25, 0.3) is 0 Å². The summed E-state index contributed by atoms with van der Waals surface area (Å²) in [5, 5.41) is 0.731. The van der Waals surface area contributed by atoms with Crippen LogP contribution in [0.2, 0.25) is 5.02 Å². The van der Waals surface area contributed by atoms with E-state index in [1.54, 1.807) is 24.3 Å². The van der Waals surface area contributed by atoms with E-state index < -0.39 is 0 Å². The Hall–Kier alpha value is -1.87. The summed E-state index contributed by atoms with van der Waals surface area (Å²) >= 11 is 6.03. The van der Waals surface area contributed by atoms with E-state index in [1.807, 2.05) is 13.0 Å². The third-order valence-corrected chi connectivity index (χ3v) is 2.88. The van der Waals surface area contributed by atoms with Gasteiger partial charge >= 0.3 is 0 Å². The molecule has 0 spiro atoms. The second kappa shape index (κ2) is 5.65. The summed E-state index contributed by atoms with van der Waals surface area (Å²) < 4.78 is 5.59. The molecule has 0 fully saturated rings. The number of carbonyl (C=O) groups excluding carboxylic acids is 1. The molecule has 1 heterocycles. The summed E-state index contributed by atoms with van der Waals surface area (Å²) in [6.45, 7) is 2.03. The van der Waals surface area contributed by atoms with Crippen molar-refractivity contribution in [3.63, 3.8) is 0 Å². The van der Waals surface area contributed by atoms with Gasteiger partial charge in [0.25, 0.3) is 0 Å². The zero-order valence-corrected chi connectivity index (χ0v) is 10.6. The SMILES string of the molecule is CCc1cc(Oc2ccc(C=O)cn2)ccc1Cl. The molecule has 0 aliphatic heterocycles. The van der Waals surface area contributed by atoms with E-state index in [2.05, 4.69) is 4.98 Å². The third-order valence-electron chi connectivity index (χ3n) is 2.52. The van der Waals surface area contributed by atoms with Crippen LogP contribution in [0.5, 0.6) is 11.6 Å². The lowest BCUT2D eigenvalue weighted by Crippen LogP contribution is -1.91. The van der Waals surface area contributed by atoms with Crippen LogP contribution in [0.1, 0.15) is 22.8 Å². The molecule has 0 saturated heterocycles. The highest BCUT2D eigenvalue weighted by Crippen LogP contribution is 2.25. The van der Waals surface area contributed by atoms with Gasteiger partial charge in [0, 0.05) is 22.8 Å². The Labute approximate surface area is 110 Å². The molecule has 0 amide bonds. The number of carbonyl (C=O) groups is 1. The van der Waals surface area contributed by atoms with Crippen LogP contribution >= 0.6 is 11.6 Å². The van der Waals surface area contributed by atoms with E-state index in [-0.39, 0.29) is 0 Å². The molecule has 1 aromatic carbocycles. The van der Waals surface area contributed by atoms with Gasteiger partial charge in [-0.05, 0) is 36.2 Å². The van der Waals surface area contributed by atoms with Crippen LogP contribution in [0, 0.1) is 0 Å². The second-order valence-corrected chi connectivity index (χ2v) is 4.16. The predicted octanol–water partition coefficient (Wildman–Crippen LogP) is 3.90. The van der Waals surface area contributed by atoms with Gasteiger partial charge in [-0.2, -0.15) is 0 Å². The number of pyridine rings is 1. The maximum Gasteiger partial charge on any atom is 0.219 e. The first-order valence-corrected chi connectivity index (χ1v) is 5.98. The van der Waals surface area contributed by atoms with Crippen molar-refractivity contribution in [2.75, 3.05) is 0 Å². The van der Waals surface area contributed by atoms with Crippen molar-refractivity contribution in [2.45, 2.75) is 13.3 Å². The molecule has 4 heteroatoms. The highest BCUT2D eigenvalue weighted by molar-refractivity contribution is 6.31. The summed E-state index contributed by atoms with van der Waals surface area (Å²) in [5.41, 5.74) is 1.55. The van der Waals surface area contributed by atoms with Crippen LogP contribution in [0.4, 0.5) is 0 Å². The van der Waals surface area contributed by atoms with E-state index in [0.29, 0.717) is 17.2 Å². The summed E-state index contributed by atoms with van der Waals surface area (Å²) in [5.74, 6) is 1.13. The van der Waals surface area contributed by atoms with Gasteiger partial charge in [0.05, 0.1) is 0 Å². The van der Waals surface area contributed by atoms with Crippen LogP contribution in [0.15, 0.2) is 36.5 Å². The lowest BCUT2D eigenvalue weighted by atomic mass is 10.1. The Morgan fingerprint density at radius 1 is 1.33 bits per heavy atom. The van der Waals surface area contributed by atoms with Gasteiger partial charge in [-0.25, -0.2) is 4.98 Å². The normalized spacial score (nSPS) is 10.1. The standard InChI is InChI=1S/C14H12ClNO2/c1-2-11-7-12(4-5-13(11)15)18-14-6-3-10(9-17)8-16-14/h3-9H,2H2,1H3. The fourth-order valence-electron chi connectivity index (χ4n) is 1.53. The summed E-state index contributed by atoms with van der Waals surface area (Å²) in [6.07, 6.45) is 3.06. The topological polar surface area (TPSA) is 39.2 Å². The molecule has 0 radical (unpaired) electrons. The lowest BCUT2D eigenvalue weighted by molar-refractivity contribution is 0.112. The van der Waals surface area contributed by atoms with Gasteiger partial charge in [-0.3, -0.25) is 4.79 Å². The Morgan fingerprint density at radius 2 is 2.17 bits per heavy atom. The number of ether oxygens (including phenoxy) is 1. The lowest BCUT2D eigenvalue weighted by Gasteiger charge is -2.07. The summed E-state index contributed by atoms with van der Waals surface area (Å²) in [4.78, 5) is 14.5. The number of aryl methyl sites for hydroxylation is 1. The number of aromatic nitrogens is 1. The van der Waals surface area contributed by atoms with Crippen LogP contribution in [-0.2, 0) is 6.42 Å². The number of hydrogen-bond donors (Lipinski definition) is 0. The zero-order valence-electron chi connectivity index (χ0n) is 9.89. The van der Waals surface area contributed by atoms with Crippen molar-refractivity contribution in [3.05, 3.63) is 52.7 Å². The molecule has 2 rings (SSSR count). The average molecular weight is 262 g/mol. The largest absolute Gasteiger partial charge is 0.439 e. The van der Waals surface area contributed by atoms with E-state index in [4.69, 9.17) is 16.3 Å². The highest BCUT2D eigenvalue weighted by Gasteiger charge is 2.03. The first kappa shape index (κ1) is 12.6. The quantitative estimate of drug-likeness (QED) is 0.784. The fourth-order valence-corrected chi connectivity index (χ4v) is 1.78. The van der Waals surface area contributed by atoms with E-state index >= 15 is 0 Å². The van der Waals surface area contributed by atoms with E-state index in [9.17, 15) is 4.79 Å². The monoisotopic (exact) mass is 261 g/mol. The smallest absolute Gasteiger partial charge is 0.219 e. The minimum absolute atomic E-state index is 0.449. The molecule has 18 heavy (non-hydrogen) atoms. The fraction of sp³-hybridized carbons (Fsp3) is 0.143. The Morgan fingerprint density at radius 3 is 2.78 bits per heavy atom. The van der Waals surface area contributed by atoms with Crippen molar-refractivity contribution >= 4 is 17.9 Å². The van der Waals surface area contributed by atoms with Crippen molar-refractivity contribution in [3.8, 4) is 11.6 Å². The van der Waals surface area contributed by atoms with Crippen LogP contribution in [-0.4, -0.2) is 11.3 Å². The van der Waals surface area contributed by atoms with Crippen LogP contribution in [0.3, 0.4) is 0 Å². The molecule has 2 aromatic rings. The first-order valence-electron chi connectivity index (χ1n) is 5.60. The predicted molar refractivity (Wildman–Crippen MR) is 70.5 cm³/mol.